The summed E-state index contributed by atoms with van der Waals surface area (Å²) in [5.74, 6) is -0.601. The van der Waals surface area contributed by atoms with Crippen LogP contribution < -0.4 is 0 Å². The van der Waals surface area contributed by atoms with Gasteiger partial charge in [-0.2, -0.15) is 0 Å². The molecule has 0 aromatic heterocycles. The molecule has 2 amide bonds. The zero-order valence-electron chi connectivity index (χ0n) is 21.7. The van der Waals surface area contributed by atoms with Gasteiger partial charge in [0.25, 0.3) is 0 Å². The number of aldehydes is 1. The lowest BCUT2D eigenvalue weighted by molar-refractivity contribution is -0.146. The van der Waals surface area contributed by atoms with Crippen LogP contribution >= 0.6 is 0 Å². The van der Waals surface area contributed by atoms with Crippen LogP contribution in [-0.4, -0.2) is 23.0 Å². The number of imide groups is 1. The molecule has 1 heterocycles. The molecular weight excluding hydrogens is 470 g/mol. The van der Waals surface area contributed by atoms with Crippen molar-refractivity contribution in [2.24, 2.45) is 5.41 Å². The fourth-order valence-electron chi connectivity index (χ4n) is 5.85. The summed E-state index contributed by atoms with van der Waals surface area (Å²) in [6.07, 6.45) is 1.34. The molecule has 4 aromatic carbocycles. The molecule has 1 aliphatic heterocycles. The number of likely N-dealkylation sites (tertiary alicyclic amines) is 1. The van der Waals surface area contributed by atoms with Gasteiger partial charge in [0.1, 0.15) is 11.8 Å². The summed E-state index contributed by atoms with van der Waals surface area (Å²) in [4.78, 5) is 41.2. The summed E-state index contributed by atoms with van der Waals surface area (Å²) in [5, 5.41) is 0. The Labute approximate surface area is 223 Å². The number of benzene rings is 4. The summed E-state index contributed by atoms with van der Waals surface area (Å²) < 4.78 is 0. The highest BCUT2D eigenvalue weighted by atomic mass is 16.2. The molecule has 1 fully saturated rings. The fraction of sp³-hybridized carbons (Fsp3) is 0.206. The van der Waals surface area contributed by atoms with Crippen molar-refractivity contribution in [1.29, 1.82) is 0 Å². The first kappa shape index (κ1) is 25.3. The second-order valence-corrected chi connectivity index (χ2v) is 10.3. The van der Waals surface area contributed by atoms with Crippen LogP contribution in [0.2, 0.25) is 0 Å². The Morgan fingerprint density at radius 2 is 1.21 bits per heavy atom. The predicted molar refractivity (Wildman–Crippen MR) is 148 cm³/mol. The minimum absolute atomic E-state index is 0.108. The van der Waals surface area contributed by atoms with Crippen molar-refractivity contribution in [3.05, 3.63) is 143 Å². The van der Waals surface area contributed by atoms with Crippen molar-refractivity contribution < 1.29 is 14.4 Å². The molecule has 38 heavy (non-hydrogen) atoms. The molecule has 5 rings (SSSR count). The fourth-order valence-corrected chi connectivity index (χ4v) is 5.85. The molecule has 1 aliphatic rings. The summed E-state index contributed by atoms with van der Waals surface area (Å²) in [7, 11) is 0. The molecule has 0 N–H and O–H groups in total. The molecule has 1 unspecified atom stereocenters. The largest absolute Gasteiger partial charge is 0.303 e. The van der Waals surface area contributed by atoms with E-state index in [0.29, 0.717) is 6.42 Å². The van der Waals surface area contributed by atoms with Gasteiger partial charge in [0.2, 0.25) is 11.8 Å². The second-order valence-electron chi connectivity index (χ2n) is 10.3. The van der Waals surface area contributed by atoms with Gasteiger partial charge < -0.3 is 4.79 Å². The van der Waals surface area contributed by atoms with Gasteiger partial charge in [-0.15, -0.1) is 0 Å². The first-order valence-electron chi connectivity index (χ1n) is 13.0. The van der Waals surface area contributed by atoms with E-state index in [1.54, 1.807) is 0 Å². The van der Waals surface area contributed by atoms with Gasteiger partial charge in [-0.25, -0.2) is 0 Å². The molecule has 4 heteroatoms. The molecule has 1 saturated heterocycles. The van der Waals surface area contributed by atoms with Gasteiger partial charge >= 0.3 is 0 Å². The Kier molecular flexibility index (Phi) is 6.81. The van der Waals surface area contributed by atoms with Crippen molar-refractivity contribution in [3.8, 4) is 0 Å². The first-order chi connectivity index (χ1) is 18.4. The zero-order valence-corrected chi connectivity index (χ0v) is 21.7. The molecule has 190 valence electrons. The molecule has 0 radical (unpaired) electrons. The SMILES string of the molecule is CC(c1ccc(CC=O)cc1)[C@]1(C)CC(=O)N(C(c2ccccc2)(c2ccccc2)c2ccccc2)C1=O. The van der Waals surface area contributed by atoms with E-state index in [1.165, 1.54) is 4.90 Å². The second kappa shape index (κ2) is 10.2. The lowest BCUT2D eigenvalue weighted by Crippen LogP contribution is -2.52. The highest BCUT2D eigenvalue weighted by Crippen LogP contribution is 2.52. The molecule has 4 nitrogen and oxygen atoms in total. The lowest BCUT2D eigenvalue weighted by Gasteiger charge is -2.43. The summed E-state index contributed by atoms with van der Waals surface area (Å²) in [6.45, 7) is 3.92. The third-order valence-electron chi connectivity index (χ3n) is 8.12. The minimum Gasteiger partial charge on any atom is -0.303 e. The lowest BCUT2D eigenvalue weighted by atomic mass is 9.72. The Balaban J connectivity index is 1.69. The van der Waals surface area contributed by atoms with Gasteiger partial charge in [0.15, 0.2) is 0 Å². The first-order valence-corrected chi connectivity index (χ1v) is 13.0. The quantitative estimate of drug-likeness (QED) is 0.162. The summed E-state index contributed by atoms with van der Waals surface area (Å²) >= 11 is 0. The maximum atomic E-state index is 14.6. The number of hydrogen-bond acceptors (Lipinski definition) is 3. The number of rotatable bonds is 8. The van der Waals surface area contributed by atoms with Crippen LogP contribution in [0.25, 0.3) is 0 Å². The van der Waals surface area contributed by atoms with Crippen LogP contribution in [0.1, 0.15) is 54.0 Å². The van der Waals surface area contributed by atoms with Crippen LogP contribution in [-0.2, 0) is 26.3 Å². The minimum atomic E-state index is -1.12. The maximum absolute atomic E-state index is 14.6. The topological polar surface area (TPSA) is 54.5 Å². The Hall–Kier alpha value is -4.31. The van der Waals surface area contributed by atoms with Crippen LogP contribution in [0.4, 0.5) is 0 Å². The van der Waals surface area contributed by atoms with E-state index in [2.05, 4.69) is 0 Å². The smallest absolute Gasteiger partial charge is 0.237 e. The molecule has 2 atom stereocenters. The number of nitrogens with zero attached hydrogens (tertiary/aromatic N) is 1. The zero-order chi connectivity index (χ0) is 26.8. The van der Waals surface area contributed by atoms with Crippen LogP contribution in [0.3, 0.4) is 0 Å². The van der Waals surface area contributed by atoms with Crippen molar-refractivity contribution in [1.82, 2.24) is 4.90 Å². The van der Waals surface area contributed by atoms with E-state index < -0.39 is 11.0 Å². The average Bonchev–Trinajstić information content (AvgIpc) is 3.20. The monoisotopic (exact) mass is 501 g/mol. The normalized spacial score (nSPS) is 18.4. The molecular formula is C34H31NO3. The van der Waals surface area contributed by atoms with Gasteiger partial charge in [0.05, 0.1) is 5.41 Å². The van der Waals surface area contributed by atoms with Crippen LogP contribution in [0, 0.1) is 5.41 Å². The van der Waals surface area contributed by atoms with Crippen molar-refractivity contribution >= 4 is 18.1 Å². The Morgan fingerprint density at radius 3 is 1.63 bits per heavy atom. The highest BCUT2D eigenvalue weighted by molar-refractivity contribution is 6.08. The van der Waals surface area contributed by atoms with E-state index in [1.807, 2.05) is 129 Å². The molecule has 0 bridgehead atoms. The van der Waals surface area contributed by atoms with E-state index in [9.17, 15) is 14.4 Å². The summed E-state index contributed by atoms with van der Waals surface area (Å²) in [6, 6.07) is 37.2. The average molecular weight is 502 g/mol. The van der Waals surface area contributed by atoms with Gasteiger partial charge in [0, 0.05) is 12.8 Å². The Bertz CT molecular complexity index is 1340. The molecule has 0 saturated carbocycles. The number of hydrogen-bond donors (Lipinski definition) is 0. The standard InChI is InChI=1S/C34H31NO3/c1-25(27-20-18-26(19-21-27)22-23-36)33(2)24-31(37)35(32(33)38)34(28-12-6-3-7-13-28,29-14-8-4-9-15-29)30-16-10-5-11-17-30/h3-21,23,25H,22,24H2,1-2H3/t25?,33-/m0/s1. The molecule has 0 aliphatic carbocycles. The van der Waals surface area contributed by atoms with Gasteiger partial charge in [-0.3, -0.25) is 14.5 Å². The number of amides is 2. The van der Waals surface area contributed by atoms with Gasteiger partial charge in [-0.1, -0.05) is 122 Å². The van der Waals surface area contributed by atoms with E-state index in [-0.39, 0.29) is 24.2 Å². The van der Waals surface area contributed by atoms with E-state index in [0.717, 1.165) is 34.1 Å². The van der Waals surface area contributed by atoms with Crippen molar-refractivity contribution in [2.45, 2.75) is 38.1 Å². The third-order valence-corrected chi connectivity index (χ3v) is 8.12. The van der Waals surface area contributed by atoms with E-state index in [4.69, 9.17) is 0 Å². The highest BCUT2D eigenvalue weighted by Gasteiger charge is 2.59. The number of carbonyl (C=O) groups is 3. The maximum Gasteiger partial charge on any atom is 0.237 e. The van der Waals surface area contributed by atoms with Crippen molar-refractivity contribution in [2.75, 3.05) is 0 Å². The van der Waals surface area contributed by atoms with Crippen molar-refractivity contribution in [3.63, 3.8) is 0 Å². The predicted octanol–water partition coefficient (Wildman–Crippen LogP) is 6.29. The summed E-state index contributed by atoms with van der Waals surface area (Å²) in [5.41, 5.74) is 2.40. The third kappa shape index (κ3) is 4.06. The van der Waals surface area contributed by atoms with Crippen LogP contribution in [0.15, 0.2) is 115 Å². The van der Waals surface area contributed by atoms with Gasteiger partial charge in [-0.05, 0) is 40.7 Å². The van der Waals surface area contributed by atoms with Crippen LogP contribution in [0.5, 0.6) is 0 Å². The Morgan fingerprint density at radius 1 is 0.763 bits per heavy atom. The van der Waals surface area contributed by atoms with E-state index >= 15 is 0 Å². The molecule has 4 aromatic rings. The number of carbonyl (C=O) groups excluding carboxylic acids is 3. The molecule has 0 spiro atoms.